The molecular formula is C22H49Cl2N5NiO10. The molecule has 0 unspecified atom stereocenters. The molecule has 0 aromatic carbocycles. The molecule has 1 aliphatic heterocycles. The average Bonchev–Trinajstić information content (AvgIpc) is 2.65. The second-order valence-electron chi connectivity index (χ2n) is 11.1. The number of carbonyl (C=O) groups excluding carboxylic acids is 1. The van der Waals surface area contributed by atoms with Crippen molar-refractivity contribution in [3.05, 3.63) is 0 Å². The molecule has 1 aliphatic rings. The van der Waals surface area contributed by atoms with Gasteiger partial charge in [0.15, 0.2) is 0 Å². The van der Waals surface area contributed by atoms with Gasteiger partial charge in [-0.1, -0.05) is 13.8 Å². The topological polar surface area (TPSA) is 300 Å². The number of quaternary nitrogens is 1. The molecule has 0 saturated carbocycles. The molecule has 1 fully saturated rings. The smallest absolute Gasteiger partial charge is 0.544 e. The molecule has 3 atom stereocenters. The normalized spacial score (nSPS) is 22.8. The Bertz CT molecular complexity index is 590. The van der Waals surface area contributed by atoms with E-state index in [1.807, 2.05) is 13.8 Å². The Morgan fingerprint density at radius 1 is 0.775 bits per heavy atom. The van der Waals surface area contributed by atoms with Gasteiger partial charge in [0.25, 0.3) is 0 Å². The second kappa shape index (κ2) is 22.5. The van der Waals surface area contributed by atoms with Crippen molar-refractivity contribution < 1.29 is 89.9 Å². The van der Waals surface area contributed by atoms with E-state index in [2.05, 4.69) is 68.5 Å². The summed E-state index contributed by atoms with van der Waals surface area (Å²) in [6.45, 7) is 21.8. The van der Waals surface area contributed by atoms with Gasteiger partial charge in [-0.2, -0.15) is 0 Å². The summed E-state index contributed by atoms with van der Waals surface area (Å²) >= 11 is 0. The Kier molecular flexibility index (Phi) is 26.5. The molecule has 7 N–H and O–H groups in total. The minimum absolute atomic E-state index is 0. The van der Waals surface area contributed by atoms with Crippen LogP contribution in [-0.4, -0.2) is 61.4 Å². The molecule has 18 heteroatoms. The van der Waals surface area contributed by atoms with Crippen LogP contribution in [0.1, 0.15) is 74.7 Å². The van der Waals surface area contributed by atoms with Gasteiger partial charge in [0, 0.05) is 55.8 Å². The molecule has 1 rings (SSSR count). The fourth-order valence-corrected chi connectivity index (χ4v) is 3.92. The largest absolute Gasteiger partial charge is 2.00 e. The summed E-state index contributed by atoms with van der Waals surface area (Å²) in [7, 11) is -9.89. The van der Waals surface area contributed by atoms with Crippen molar-refractivity contribution in [2.24, 2.45) is 5.92 Å². The second-order valence-corrected chi connectivity index (χ2v) is 12.7. The number of rotatable bonds is 3. The van der Waals surface area contributed by atoms with Crippen molar-refractivity contribution in [2.75, 3.05) is 26.2 Å². The quantitative estimate of drug-likeness (QED) is 0.174. The van der Waals surface area contributed by atoms with Crippen LogP contribution < -0.4 is 69.4 Å². The number of halogens is 2. The first kappa shape index (κ1) is 47.0. The summed E-state index contributed by atoms with van der Waals surface area (Å²) in [5.41, 5.74) is 3.79. The van der Waals surface area contributed by atoms with Gasteiger partial charge in [-0.3, -0.25) is 0 Å². The maximum Gasteiger partial charge on any atom is 2.00 e. The molecule has 40 heavy (non-hydrogen) atoms. The molecule has 0 aromatic rings. The monoisotopic (exact) mass is 671 g/mol. The number of nitrogens with one attached hydrogen (secondary N) is 4. The van der Waals surface area contributed by atoms with Crippen LogP contribution in [0.2, 0.25) is 0 Å². The Labute approximate surface area is 252 Å². The third kappa shape index (κ3) is 45.0. The van der Waals surface area contributed by atoms with Gasteiger partial charge in [-0.15, -0.1) is 20.5 Å². The van der Waals surface area contributed by atoms with E-state index in [-0.39, 0.29) is 27.6 Å². The minimum Gasteiger partial charge on any atom is -0.544 e. The van der Waals surface area contributed by atoms with Crippen molar-refractivity contribution in [3.8, 4) is 0 Å². The molecular weight excluding hydrogens is 624 g/mol. The van der Waals surface area contributed by atoms with Gasteiger partial charge in [0.05, 0.1) is 5.97 Å². The third-order valence-corrected chi connectivity index (χ3v) is 5.16. The summed E-state index contributed by atoms with van der Waals surface area (Å²) in [6.07, 6.45) is 2.89. The van der Waals surface area contributed by atoms with Crippen LogP contribution in [0, 0.1) is 26.4 Å². The van der Waals surface area contributed by atoms with E-state index in [0.717, 1.165) is 39.0 Å². The Morgan fingerprint density at radius 3 is 1.25 bits per heavy atom. The summed E-state index contributed by atoms with van der Waals surface area (Å²) < 4.78 is 67.9. The number of hydrogen-bond acceptors (Lipinski definition) is 14. The first-order valence-electron chi connectivity index (χ1n) is 12.5. The van der Waals surface area contributed by atoms with Crippen LogP contribution in [0.3, 0.4) is 0 Å². The van der Waals surface area contributed by atoms with Gasteiger partial charge in [-0.05, 0) is 60.3 Å². The number of carboxylic acid groups (broad SMARTS) is 1. The van der Waals surface area contributed by atoms with Crippen LogP contribution in [0.5, 0.6) is 0 Å². The standard InChI is InChI=1S/C16H36N4.C6H13NO2.2ClHO4.Ni/c1-13-11-15(3,4)19-10-8-18-14(2)12-16(5,6)20-9-7-17-13;1-4(2)3-5(7)6(8)9;2*2-1(3,4)5;/h13-14,17-20H,7-12H2,1-6H3;4-5H,3,7H2,1-2H3,(H,8,9);2*(H,2,3,4,5);/q;;;;+2/p-2/t13-,14-;5-;;;/m11.../s1. The fraction of sp³-hybridized carbons (Fsp3) is 0.955. The molecule has 0 spiro atoms. The molecule has 0 radical (unpaired) electrons. The number of carboxylic acids is 1. The van der Waals surface area contributed by atoms with Crippen molar-refractivity contribution >= 4 is 5.97 Å². The average molecular weight is 673 g/mol. The molecule has 15 nitrogen and oxygen atoms in total. The SMILES string of the molecule is CC(C)C[C@@H]([NH3+])C(=O)[O-].C[C@@H]1CC(C)(C)NCCN[C@H](C)CC(C)(C)NCCN1.[Ni+2].[O-][Cl+3]([O-])([O-])[O-].[O-][Cl+3]([O-])([O-])[O-]. The van der Waals surface area contributed by atoms with Gasteiger partial charge < -0.3 is 36.9 Å². The van der Waals surface area contributed by atoms with E-state index in [4.69, 9.17) is 37.3 Å². The van der Waals surface area contributed by atoms with E-state index < -0.39 is 32.5 Å². The zero-order valence-electron chi connectivity index (χ0n) is 24.6. The first-order chi connectivity index (χ1) is 17.2. The Balaban J connectivity index is -0.000000268. The Morgan fingerprint density at radius 2 is 1.05 bits per heavy atom. The van der Waals surface area contributed by atoms with Gasteiger partial charge in [0.2, 0.25) is 0 Å². The summed E-state index contributed by atoms with van der Waals surface area (Å²) in [5, 5.41) is 24.6. The van der Waals surface area contributed by atoms with Crippen LogP contribution in [0.15, 0.2) is 0 Å². The summed E-state index contributed by atoms with van der Waals surface area (Å²) in [4.78, 5) is 10.1. The Hall–Kier alpha value is 0.0235. The molecule has 0 aromatic heterocycles. The molecule has 0 amide bonds. The van der Waals surface area contributed by atoms with Crippen LogP contribution in [-0.2, 0) is 21.3 Å². The number of carbonyl (C=O) groups is 1. The predicted molar refractivity (Wildman–Crippen MR) is 119 cm³/mol. The fourth-order valence-electron chi connectivity index (χ4n) is 3.92. The van der Waals surface area contributed by atoms with Gasteiger partial charge in [-0.25, -0.2) is 37.3 Å². The van der Waals surface area contributed by atoms with Crippen LogP contribution >= 0.6 is 0 Å². The maximum absolute atomic E-state index is 10.1. The third-order valence-electron chi connectivity index (χ3n) is 5.16. The molecule has 0 aliphatic carbocycles. The van der Waals surface area contributed by atoms with Crippen molar-refractivity contribution in [3.63, 3.8) is 0 Å². The van der Waals surface area contributed by atoms with Crippen LogP contribution in [0.25, 0.3) is 0 Å². The zero-order chi connectivity index (χ0) is 31.7. The van der Waals surface area contributed by atoms with Crippen molar-refractivity contribution in [1.82, 2.24) is 21.3 Å². The first-order valence-corrected chi connectivity index (χ1v) is 14.9. The molecule has 246 valence electrons. The summed E-state index contributed by atoms with van der Waals surface area (Å²) in [5.74, 6) is -0.672. The van der Waals surface area contributed by atoms with Crippen molar-refractivity contribution in [2.45, 2.75) is 104 Å². The predicted octanol–water partition coefficient (Wildman–Crippen LogP) is -9.65. The van der Waals surface area contributed by atoms with Gasteiger partial charge >= 0.3 is 16.5 Å². The van der Waals surface area contributed by atoms with E-state index in [0.29, 0.717) is 24.4 Å². The maximum atomic E-state index is 10.1. The molecule has 1 heterocycles. The molecule has 1 saturated heterocycles. The van der Waals surface area contributed by atoms with E-state index in [1.54, 1.807) is 0 Å². The number of hydrogen-bond donors (Lipinski definition) is 5. The van der Waals surface area contributed by atoms with E-state index >= 15 is 0 Å². The van der Waals surface area contributed by atoms with Crippen molar-refractivity contribution in [1.29, 1.82) is 0 Å². The number of aliphatic carboxylic acids is 1. The molecule has 0 bridgehead atoms. The summed E-state index contributed by atoms with van der Waals surface area (Å²) in [6, 6.07) is 0.527. The van der Waals surface area contributed by atoms with Crippen LogP contribution in [0.4, 0.5) is 0 Å². The zero-order valence-corrected chi connectivity index (χ0v) is 27.1. The van der Waals surface area contributed by atoms with Gasteiger partial charge in [0.1, 0.15) is 6.04 Å². The van der Waals surface area contributed by atoms with E-state index in [9.17, 15) is 9.90 Å². The van der Waals surface area contributed by atoms with E-state index in [1.165, 1.54) is 0 Å². The minimum atomic E-state index is -4.94.